The molecule has 5 nitrogen and oxygen atoms in total. The van der Waals surface area contributed by atoms with E-state index in [9.17, 15) is 9.59 Å². The fourth-order valence-electron chi connectivity index (χ4n) is 4.46. The van der Waals surface area contributed by atoms with E-state index < -0.39 is 5.97 Å². The highest BCUT2D eigenvalue weighted by Gasteiger charge is 2.29. The molecule has 184 valence electrons. The summed E-state index contributed by atoms with van der Waals surface area (Å²) in [4.78, 5) is 29.2. The molecule has 0 radical (unpaired) electrons. The molecule has 0 fully saturated rings. The molecular weight excluding hydrogens is 492 g/mol. The first kappa shape index (κ1) is 25.6. The average Bonchev–Trinajstić information content (AvgIpc) is 3.26. The number of amides is 1. The lowest BCUT2D eigenvalue weighted by atomic mass is 10.0. The van der Waals surface area contributed by atoms with Gasteiger partial charge in [0.05, 0.1) is 12.7 Å². The number of esters is 1. The van der Waals surface area contributed by atoms with Gasteiger partial charge in [0, 0.05) is 30.1 Å². The van der Waals surface area contributed by atoms with Crippen LogP contribution in [0.3, 0.4) is 0 Å². The molecule has 0 saturated heterocycles. The summed E-state index contributed by atoms with van der Waals surface area (Å²) in [6, 6.07) is 27.9. The van der Waals surface area contributed by atoms with Crippen molar-refractivity contribution < 1.29 is 14.3 Å². The zero-order valence-corrected chi connectivity index (χ0v) is 21.5. The zero-order chi connectivity index (χ0) is 24.2. The molecule has 1 N–H and O–H groups in total. The largest absolute Gasteiger partial charge is 0.465 e. The number of halogens is 1. The van der Waals surface area contributed by atoms with E-state index in [0.717, 1.165) is 47.6 Å². The van der Waals surface area contributed by atoms with Crippen molar-refractivity contribution >= 4 is 40.6 Å². The zero-order valence-electron chi connectivity index (χ0n) is 19.9. The third kappa shape index (κ3) is 5.51. The van der Waals surface area contributed by atoms with Gasteiger partial charge in [-0.1, -0.05) is 72.8 Å². The standard InChI is InChI=1S/C29H26N2O3S.ClH/c1-34-29(33)26-24-16-17-31(18-20-8-4-2-5-9-20)19-25(24)35-28(26)30-27(32)23-14-12-22(13-15-23)21-10-6-3-7-11-21;/h2-15H,16-19H2,1H3,(H,30,32);1H. The van der Waals surface area contributed by atoms with Crippen molar-refractivity contribution in [2.45, 2.75) is 19.5 Å². The van der Waals surface area contributed by atoms with E-state index in [4.69, 9.17) is 4.74 Å². The van der Waals surface area contributed by atoms with Crippen LogP contribution in [0.4, 0.5) is 5.00 Å². The second kappa shape index (κ2) is 11.5. The fraction of sp³-hybridized carbons (Fsp3) is 0.172. The van der Waals surface area contributed by atoms with Crippen molar-refractivity contribution in [3.63, 3.8) is 0 Å². The van der Waals surface area contributed by atoms with Gasteiger partial charge in [-0.15, -0.1) is 23.7 Å². The van der Waals surface area contributed by atoms with Crippen LogP contribution in [0.1, 0.15) is 36.7 Å². The highest BCUT2D eigenvalue weighted by Crippen LogP contribution is 2.38. The molecule has 0 atom stereocenters. The summed E-state index contributed by atoms with van der Waals surface area (Å²) < 4.78 is 5.08. The lowest BCUT2D eigenvalue weighted by molar-refractivity contribution is 0.0600. The molecule has 36 heavy (non-hydrogen) atoms. The molecular formula is C29H27ClN2O3S. The topological polar surface area (TPSA) is 58.6 Å². The minimum Gasteiger partial charge on any atom is -0.465 e. The molecule has 1 aromatic heterocycles. The van der Waals surface area contributed by atoms with Crippen molar-refractivity contribution in [1.82, 2.24) is 4.90 Å². The normalized spacial score (nSPS) is 12.8. The predicted molar refractivity (Wildman–Crippen MR) is 147 cm³/mol. The Morgan fingerprint density at radius 3 is 2.22 bits per heavy atom. The van der Waals surface area contributed by atoms with Crippen molar-refractivity contribution in [3.05, 3.63) is 112 Å². The third-order valence-corrected chi connectivity index (χ3v) is 7.39. The first-order chi connectivity index (χ1) is 17.1. The molecule has 1 aliphatic rings. The number of nitrogens with zero attached hydrogens (tertiary/aromatic N) is 1. The number of thiophene rings is 1. The number of anilines is 1. The minimum atomic E-state index is -0.409. The average molecular weight is 519 g/mol. The lowest BCUT2D eigenvalue weighted by Gasteiger charge is -2.27. The quantitative estimate of drug-likeness (QED) is 0.299. The number of ether oxygens (including phenoxy) is 1. The molecule has 2 heterocycles. The van der Waals surface area contributed by atoms with Gasteiger partial charge in [0.2, 0.25) is 0 Å². The van der Waals surface area contributed by atoms with Crippen LogP contribution in [0.2, 0.25) is 0 Å². The Morgan fingerprint density at radius 1 is 0.917 bits per heavy atom. The molecule has 5 rings (SSSR count). The minimum absolute atomic E-state index is 0. The number of rotatable bonds is 6. The van der Waals surface area contributed by atoms with Crippen molar-refractivity contribution in [2.24, 2.45) is 0 Å². The summed E-state index contributed by atoms with van der Waals surface area (Å²) >= 11 is 1.47. The summed E-state index contributed by atoms with van der Waals surface area (Å²) in [5.41, 5.74) is 5.41. The predicted octanol–water partition coefficient (Wildman–Crippen LogP) is 6.43. The van der Waals surface area contributed by atoms with Crippen LogP contribution < -0.4 is 5.32 Å². The lowest BCUT2D eigenvalue weighted by Crippen LogP contribution is -2.29. The maximum atomic E-state index is 13.1. The van der Waals surface area contributed by atoms with Gasteiger partial charge in [-0.05, 0) is 40.8 Å². The van der Waals surface area contributed by atoms with E-state index in [1.807, 2.05) is 72.8 Å². The van der Waals surface area contributed by atoms with Crippen LogP contribution in [-0.4, -0.2) is 30.4 Å². The second-order valence-electron chi connectivity index (χ2n) is 8.54. The maximum Gasteiger partial charge on any atom is 0.341 e. The van der Waals surface area contributed by atoms with Crippen LogP contribution in [0.25, 0.3) is 11.1 Å². The monoisotopic (exact) mass is 518 g/mol. The van der Waals surface area contributed by atoms with Crippen LogP contribution in [0, 0.1) is 0 Å². The van der Waals surface area contributed by atoms with Gasteiger partial charge >= 0.3 is 5.97 Å². The van der Waals surface area contributed by atoms with Crippen LogP contribution in [0.5, 0.6) is 0 Å². The van der Waals surface area contributed by atoms with E-state index in [1.54, 1.807) is 0 Å². The van der Waals surface area contributed by atoms with Crippen molar-refractivity contribution in [1.29, 1.82) is 0 Å². The maximum absolute atomic E-state index is 13.1. The van der Waals surface area contributed by atoms with Gasteiger partial charge in [0.25, 0.3) is 5.91 Å². The molecule has 7 heteroatoms. The first-order valence-electron chi connectivity index (χ1n) is 11.6. The number of hydrogen-bond donors (Lipinski definition) is 1. The Kier molecular flexibility index (Phi) is 8.21. The fourth-order valence-corrected chi connectivity index (χ4v) is 5.73. The van der Waals surface area contributed by atoms with E-state index in [-0.39, 0.29) is 18.3 Å². The van der Waals surface area contributed by atoms with Gasteiger partial charge in [-0.3, -0.25) is 9.69 Å². The van der Waals surface area contributed by atoms with Crippen molar-refractivity contribution in [2.75, 3.05) is 19.0 Å². The summed E-state index contributed by atoms with van der Waals surface area (Å²) in [6.45, 7) is 2.43. The van der Waals surface area contributed by atoms with Crippen LogP contribution in [-0.2, 0) is 24.2 Å². The van der Waals surface area contributed by atoms with Gasteiger partial charge < -0.3 is 10.1 Å². The molecule has 0 saturated carbocycles. The molecule has 0 aliphatic carbocycles. The molecule has 1 aliphatic heterocycles. The molecule has 0 bridgehead atoms. The summed E-state index contributed by atoms with van der Waals surface area (Å²) in [5, 5.41) is 3.54. The Morgan fingerprint density at radius 2 is 1.56 bits per heavy atom. The smallest absolute Gasteiger partial charge is 0.341 e. The summed E-state index contributed by atoms with van der Waals surface area (Å²) in [7, 11) is 1.38. The molecule has 1 amide bonds. The van der Waals surface area contributed by atoms with Crippen LogP contribution in [0.15, 0.2) is 84.9 Å². The number of nitrogens with one attached hydrogen (secondary N) is 1. The number of fused-ring (bicyclic) bond motifs is 1. The van der Waals surface area contributed by atoms with E-state index >= 15 is 0 Å². The number of methoxy groups -OCH3 is 1. The van der Waals surface area contributed by atoms with E-state index in [0.29, 0.717) is 16.1 Å². The van der Waals surface area contributed by atoms with Gasteiger partial charge in [0.1, 0.15) is 5.00 Å². The molecule has 0 spiro atoms. The van der Waals surface area contributed by atoms with E-state index in [1.165, 1.54) is 24.0 Å². The number of carbonyl (C=O) groups is 2. The number of carbonyl (C=O) groups excluding carboxylic acids is 2. The number of benzene rings is 3. The summed E-state index contributed by atoms with van der Waals surface area (Å²) in [6.07, 6.45) is 0.741. The summed E-state index contributed by atoms with van der Waals surface area (Å²) in [5.74, 6) is -0.650. The van der Waals surface area contributed by atoms with Crippen molar-refractivity contribution in [3.8, 4) is 11.1 Å². The number of hydrogen-bond acceptors (Lipinski definition) is 5. The van der Waals surface area contributed by atoms with Crippen LogP contribution >= 0.6 is 23.7 Å². The Labute approximate surface area is 221 Å². The molecule has 4 aromatic rings. The SMILES string of the molecule is COC(=O)c1c(NC(=O)c2ccc(-c3ccccc3)cc2)sc2c1CCN(Cc1ccccc1)C2.Cl. The highest BCUT2D eigenvalue weighted by atomic mass is 35.5. The van der Waals surface area contributed by atoms with Gasteiger partial charge in [0.15, 0.2) is 0 Å². The second-order valence-corrected chi connectivity index (χ2v) is 9.65. The Bertz CT molecular complexity index is 1340. The van der Waals surface area contributed by atoms with Gasteiger partial charge in [-0.2, -0.15) is 0 Å². The molecule has 3 aromatic carbocycles. The Hall–Kier alpha value is -3.45. The Balaban J connectivity index is 0.00000304. The first-order valence-corrected chi connectivity index (χ1v) is 12.4. The van der Waals surface area contributed by atoms with E-state index in [2.05, 4.69) is 22.3 Å². The molecule has 0 unspecified atom stereocenters. The van der Waals surface area contributed by atoms with Gasteiger partial charge in [-0.25, -0.2) is 4.79 Å². The highest BCUT2D eigenvalue weighted by molar-refractivity contribution is 7.17. The third-order valence-electron chi connectivity index (χ3n) is 6.26.